The summed E-state index contributed by atoms with van der Waals surface area (Å²) in [5.41, 5.74) is 4.80. The van der Waals surface area contributed by atoms with Gasteiger partial charge in [-0.25, -0.2) is 4.98 Å². The van der Waals surface area contributed by atoms with Gasteiger partial charge in [-0.15, -0.1) is 0 Å². The second kappa shape index (κ2) is 5.27. The summed E-state index contributed by atoms with van der Waals surface area (Å²) >= 11 is 0. The predicted molar refractivity (Wildman–Crippen MR) is 86.4 cm³/mol. The number of aromatic nitrogens is 2. The van der Waals surface area contributed by atoms with Gasteiger partial charge in [0.2, 0.25) is 5.91 Å². The van der Waals surface area contributed by atoms with Crippen LogP contribution < -0.4 is 0 Å². The molecular formula is C18H23N3O. The van der Waals surface area contributed by atoms with Gasteiger partial charge in [-0.05, 0) is 43.9 Å². The third kappa shape index (κ3) is 2.54. The molecule has 0 radical (unpaired) electrons. The Morgan fingerprint density at radius 3 is 2.82 bits per heavy atom. The lowest BCUT2D eigenvalue weighted by Gasteiger charge is -2.44. The average Bonchev–Trinajstić information content (AvgIpc) is 2.84. The Hall–Kier alpha value is -2.10. The molecule has 3 rings (SSSR count). The molecule has 1 aliphatic heterocycles. The third-order valence-corrected chi connectivity index (χ3v) is 4.73. The molecule has 1 aromatic carbocycles. The second-order valence-corrected chi connectivity index (χ2v) is 6.85. The Kier molecular flexibility index (Phi) is 3.55. The van der Waals surface area contributed by atoms with Gasteiger partial charge in [0.1, 0.15) is 0 Å². The highest BCUT2D eigenvalue weighted by Crippen LogP contribution is 2.32. The first-order valence-electron chi connectivity index (χ1n) is 7.71. The first kappa shape index (κ1) is 14.8. The number of hydrogen-bond acceptors (Lipinski definition) is 2. The molecule has 0 atom stereocenters. The number of rotatable bonds is 2. The Labute approximate surface area is 131 Å². The Bertz CT molecular complexity index is 715. The fourth-order valence-electron chi connectivity index (χ4n) is 3.31. The van der Waals surface area contributed by atoms with E-state index >= 15 is 0 Å². The van der Waals surface area contributed by atoms with Crippen molar-refractivity contribution in [1.82, 2.24) is 14.5 Å². The summed E-state index contributed by atoms with van der Waals surface area (Å²) in [7, 11) is 1.93. The van der Waals surface area contributed by atoms with Crippen molar-refractivity contribution in [2.24, 2.45) is 7.05 Å². The Balaban J connectivity index is 1.87. The minimum Gasteiger partial charge on any atom is -0.337 e. The lowest BCUT2D eigenvalue weighted by Crippen LogP contribution is -2.52. The van der Waals surface area contributed by atoms with E-state index in [0.29, 0.717) is 13.0 Å². The van der Waals surface area contributed by atoms with Crippen LogP contribution in [0.3, 0.4) is 0 Å². The number of fused-ring (bicyclic) bond motifs is 1. The number of carbonyl (C=O) groups is 1. The Morgan fingerprint density at radius 2 is 2.14 bits per heavy atom. The molecule has 0 unspecified atom stereocenters. The van der Waals surface area contributed by atoms with E-state index in [0.717, 1.165) is 12.1 Å². The first-order chi connectivity index (χ1) is 10.4. The molecule has 0 aliphatic carbocycles. The minimum absolute atomic E-state index is 0.158. The van der Waals surface area contributed by atoms with Crippen molar-refractivity contribution in [2.45, 2.75) is 45.7 Å². The molecule has 2 aromatic rings. The van der Waals surface area contributed by atoms with Crippen LogP contribution in [-0.2, 0) is 31.2 Å². The normalized spacial score (nSPS) is 16.5. The number of nitrogens with zero attached hydrogens (tertiary/aromatic N) is 3. The van der Waals surface area contributed by atoms with Crippen molar-refractivity contribution in [1.29, 1.82) is 0 Å². The summed E-state index contributed by atoms with van der Waals surface area (Å²) in [4.78, 5) is 18.9. The van der Waals surface area contributed by atoms with Gasteiger partial charge in [0.25, 0.3) is 0 Å². The lowest BCUT2D eigenvalue weighted by molar-refractivity contribution is -0.137. The van der Waals surface area contributed by atoms with Gasteiger partial charge in [0.15, 0.2) is 0 Å². The highest BCUT2D eigenvalue weighted by molar-refractivity contribution is 5.79. The average molecular weight is 297 g/mol. The van der Waals surface area contributed by atoms with Gasteiger partial charge >= 0.3 is 0 Å². The molecule has 1 aromatic heterocycles. The van der Waals surface area contributed by atoms with Crippen molar-refractivity contribution in [2.75, 3.05) is 0 Å². The molecule has 22 heavy (non-hydrogen) atoms. The monoisotopic (exact) mass is 297 g/mol. The van der Waals surface area contributed by atoms with E-state index in [1.165, 1.54) is 16.7 Å². The molecule has 0 bridgehead atoms. The van der Waals surface area contributed by atoms with Crippen LogP contribution in [-0.4, -0.2) is 25.9 Å². The summed E-state index contributed by atoms with van der Waals surface area (Å²) in [5.74, 6) is 0.167. The quantitative estimate of drug-likeness (QED) is 0.854. The number of amides is 1. The zero-order valence-corrected chi connectivity index (χ0v) is 13.8. The molecule has 4 nitrogen and oxygen atoms in total. The Morgan fingerprint density at radius 1 is 1.36 bits per heavy atom. The number of hydrogen-bond donors (Lipinski definition) is 0. The molecule has 1 amide bonds. The van der Waals surface area contributed by atoms with Gasteiger partial charge in [-0.3, -0.25) is 4.79 Å². The minimum atomic E-state index is -0.158. The highest BCUT2D eigenvalue weighted by atomic mass is 16.2. The standard InChI is InChI=1S/C18H23N3O/c1-13-6-5-7-14-11-21(18(2,3)9-16(13)14)17(22)8-15-10-19-12-20(15)4/h5-7,10,12H,8-9,11H2,1-4H3. The first-order valence-corrected chi connectivity index (χ1v) is 7.71. The van der Waals surface area contributed by atoms with Crippen LogP contribution in [0.2, 0.25) is 0 Å². The van der Waals surface area contributed by atoms with Crippen LogP contribution >= 0.6 is 0 Å². The summed E-state index contributed by atoms with van der Waals surface area (Å²) in [6, 6.07) is 6.38. The van der Waals surface area contributed by atoms with Crippen molar-refractivity contribution in [3.05, 3.63) is 53.1 Å². The lowest BCUT2D eigenvalue weighted by atomic mass is 9.83. The molecule has 0 saturated carbocycles. The number of imidazole rings is 1. The van der Waals surface area contributed by atoms with Crippen LogP contribution in [0.15, 0.2) is 30.7 Å². The van der Waals surface area contributed by atoms with Crippen LogP contribution in [0.5, 0.6) is 0 Å². The van der Waals surface area contributed by atoms with Crippen molar-refractivity contribution in [3.63, 3.8) is 0 Å². The van der Waals surface area contributed by atoms with E-state index in [4.69, 9.17) is 0 Å². The van der Waals surface area contributed by atoms with Crippen LogP contribution in [0.4, 0.5) is 0 Å². The van der Waals surface area contributed by atoms with Gasteiger partial charge in [-0.2, -0.15) is 0 Å². The van der Waals surface area contributed by atoms with Gasteiger partial charge in [0, 0.05) is 31.0 Å². The van der Waals surface area contributed by atoms with Gasteiger partial charge in [-0.1, -0.05) is 18.2 Å². The van der Waals surface area contributed by atoms with Crippen LogP contribution in [0.1, 0.15) is 36.2 Å². The number of benzene rings is 1. The van der Waals surface area contributed by atoms with E-state index in [9.17, 15) is 4.79 Å². The number of carbonyl (C=O) groups excluding carboxylic acids is 1. The summed E-state index contributed by atoms with van der Waals surface area (Å²) in [6.07, 6.45) is 4.82. The van der Waals surface area contributed by atoms with E-state index in [2.05, 4.69) is 44.0 Å². The van der Waals surface area contributed by atoms with Crippen molar-refractivity contribution < 1.29 is 4.79 Å². The maximum Gasteiger partial charge on any atom is 0.229 e. The SMILES string of the molecule is Cc1cccc2c1CC(C)(C)N(C(=O)Cc1cncn1C)C2. The molecule has 4 heteroatoms. The second-order valence-electron chi connectivity index (χ2n) is 6.85. The number of aryl methyl sites for hydroxylation is 2. The zero-order chi connectivity index (χ0) is 15.9. The molecule has 0 fully saturated rings. The molecular weight excluding hydrogens is 274 g/mol. The topological polar surface area (TPSA) is 38.1 Å². The molecule has 116 valence electrons. The molecule has 0 N–H and O–H groups in total. The zero-order valence-electron chi connectivity index (χ0n) is 13.8. The molecule has 1 aliphatic rings. The maximum atomic E-state index is 12.8. The van der Waals surface area contributed by atoms with E-state index in [-0.39, 0.29) is 11.4 Å². The molecule has 0 spiro atoms. The van der Waals surface area contributed by atoms with E-state index in [1.54, 1.807) is 12.5 Å². The van der Waals surface area contributed by atoms with E-state index in [1.807, 2.05) is 16.5 Å². The smallest absolute Gasteiger partial charge is 0.229 e. The molecule has 2 heterocycles. The van der Waals surface area contributed by atoms with Gasteiger partial charge < -0.3 is 9.47 Å². The van der Waals surface area contributed by atoms with Crippen LogP contribution in [0.25, 0.3) is 0 Å². The highest BCUT2D eigenvalue weighted by Gasteiger charge is 2.36. The predicted octanol–water partition coefficient (Wildman–Crippen LogP) is 2.63. The maximum absolute atomic E-state index is 12.8. The fourth-order valence-corrected chi connectivity index (χ4v) is 3.31. The van der Waals surface area contributed by atoms with Crippen molar-refractivity contribution in [3.8, 4) is 0 Å². The fraction of sp³-hybridized carbons (Fsp3) is 0.444. The summed E-state index contributed by atoms with van der Waals surface area (Å²) < 4.78 is 1.91. The van der Waals surface area contributed by atoms with Crippen LogP contribution in [0, 0.1) is 6.92 Å². The summed E-state index contributed by atoms with van der Waals surface area (Å²) in [6.45, 7) is 7.16. The van der Waals surface area contributed by atoms with Crippen molar-refractivity contribution >= 4 is 5.91 Å². The largest absolute Gasteiger partial charge is 0.337 e. The van der Waals surface area contributed by atoms with Gasteiger partial charge in [0.05, 0.1) is 12.7 Å². The summed E-state index contributed by atoms with van der Waals surface area (Å²) in [5, 5.41) is 0. The third-order valence-electron chi connectivity index (χ3n) is 4.73. The molecule has 0 saturated heterocycles. The van der Waals surface area contributed by atoms with E-state index < -0.39 is 0 Å².